The second-order valence-electron chi connectivity index (χ2n) is 4.30. The Labute approximate surface area is 116 Å². The molecule has 96 valence electrons. The lowest BCUT2D eigenvalue weighted by Gasteiger charge is -2.10. The van der Waals surface area contributed by atoms with E-state index in [4.69, 9.17) is 0 Å². The van der Waals surface area contributed by atoms with Crippen molar-refractivity contribution in [2.75, 3.05) is 5.32 Å². The van der Waals surface area contributed by atoms with Crippen LogP contribution in [0.15, 0.2) is 40.9 Å². The van der Waals surface area contributed by atoms with E-state index in [0.717, 1.165) is 0 Å². The zero-order valence-electron chi connectivity index (χ0n) is 9.58. The highest BCUT2D eigenvalue weighted by Gasteiger charge is 2.35. The van der Waals surface area contributed by atoms with E-state index in [1.807, 2.05) is 0 Å². The summed E-state index contributed by atoms with van der Waals surface area (Å²) in [5.41, 5.74) is 1.32. The molecule has 1 aliphatic heterocycles. The zero-order valence-corrected chi connectivity index (χ0v) is 11.2. The smallest absolute Gasteiger partial charge is 0.236 e. The fourth-order valence-electron chi connectivity index (χ4n) is 2.27. The van der Waals surface area contributed by atoms with E-state index in [1.165, 1.54) is 24.3 Å². The van der Waals surface area contributed by atoms with Crippen LogP contribution in [0.2, 0.25) is 0 Å². The highest BCUT2D eigenvalue weighted by atomic mass is 79.9. The molecule has 0 saturated carbocycles. The number of carbonyl (C=O) groups is 1. The molecule has 2 aromatic carbocycles. The average Bonchev–Trinajstić information content (AvgIpc) is 2.72. The fourth-order valence-corrected chi connectivity index (χ4v) is 2.61. The predicted molar refractivity (Wildman–Crippen MR) is 71.0 cm³/mol. The van der Waals surface area contributed by atoms with Gasteiger partial charge in [0.2, 0.25) is 5.91 Å². The van der Waals surface area contributed by atoms with Crippen molar-refractivity contribution in [1.82, 2.24) is 0 Å². The van der Waals surface area contributed by atoms with Gasteiger partial charge in [-0.1, -0.05) is 12.1 Å². The molecule has 1 unspecified atom stereocenters. The van der Waals surface area contributed by atoms with Crippen LogP contribution in [-0.2, 0) is 4.79 Å². The Hall–Kier alpha value is -1.75. The van der Waals surface area contributed by atoms with Crippen molar-refractivity contribution < 1.29 is 13.6 Å². The third-order valence-corrected chi connectivity index (χ3v) is 3.76. The van der Waals surface area contributed by atoms with Crippen LogP contribution < -0.4 is 5.32 Å². The Morgan fingerprint density at radius 2 is 1.74 bits per heavy atom. The number of carbonyl (C=O) groups excluding carboxylic acids is 1. The minimum Gasteiger partial charge on any atom is -0.325 e. The lowest BCUT2D eigenvalue weighted by molar-refractivity contribution is -0.116. The molecular weight excluding hydrogens is 316 g/mol. The highest BCUT2D eigenvalue weighted by molar-refractivity contribution is 9.10. The number of amides is 1. The third kappa shape index (κ3) is 1.94. The molecule has 1 amide bonds. The van der Waals surface area contributed by atoms with Gasteiger partial charge in [0, 0.05) is 11.3 Å². The number of rotatable bonds is 1. The van der Waals surface area contributed by atoms with E-state index < -0.39 is 17.6 Å². The quantitative estimate of drug-likeness (QED) is 0.849. The van der Waals surface area contributed by atoms with Gasteiger partial charge in [-0.3, -0.25) is 4.79 Å². The summed E-state index contributed by atoms with van der Waals surface area (Å²) in [6.07, 6.45) is 0. The molecular formula is C14H8BrF2NO. The maximum atomic E-state index is 14.2. The van der Waals surface area contributed by atoms with Crippen LogP contribution >= 0.6 is 15.9 Å². The number of hydrogen-bond acceptors (Lipinski definition) is 1. The molecule has 0 spiro atoms. The molecule has 1 aliphatic rings. The molecule has 1 N–H and O–H groups in total. The van der Waals surface area contributed by atoms with Crippen LogP contribution in [0.3, 0.4) is 0 Å². The minimum atomic E-state index is -0.743. The van der Waals surface area contributed by atoms with Crippen LogP contribution in [0.1, 0.15) is 17.0 Å². The van der Waals surface area contributed by atoms with Crippen molar-refractivity contribution in [2.24, 2.45) is 0 Å². The van der Waals surface area contributed by atoms with E-state index in [0.29, 0.717) is 21.3 Å². The van der Waals surface area contributed by atoms with Crippen LogP contribution in [0.25, 0.3) is 0 Å². The summed E-state index contributed by atoms with van der Waals surface area (Å²) in [7, 11) is 0. The van der Waals surface area contributed by atoms with Gasteiger partial charge in [0.05, 0.1) is 10.4 Å². The normalized spacial score (nSPS) is 17.2. The molecule has 0 saturated heterocycles. The van der Waals surface area contributed by atoms with E-state index in [9.17, 15) is 13.6 Å². The Morgan fingerprint density at radius 1 is 1.05 bits per heavy atom. The van der Waals surface area contributed by atoms with E-state index in [1.54, 1.807) is 12.1 Å². The summed E-state index contributed by atoms with van der Waals surface area (Å²) in [4.78, 5) is 12.0. The van der Waals surface area contributed by atoms with Crippen molar-refractivity contribution >= 4 is 27.5 Å². The first kappa shape index (κ1) is 12.3. The summed E-state index contributed by atoms with van der Waals surface area (Å²) in [5, 5.41) is 2.64. The van der Waals surface area contributed by atoms with Gasteiger partial charge >= 0.3 is 0 Å². The lowest BCUT2D eigenvalue weighted by atomic mass is 9.92. The maximum absolute atomic E-state index is 14.2. The number of benzene rings is 2. The van der Waals surface area contributed by atoms with Crippen molar-refractivity contribution in [1.29, 1.82) is 0 Å². The molecule has 0 radical (unpaired) electrons. The standard InChI is InChI=1S/C14H8BrF2NO/c15-9-5-6-10-12(13(9)17)11(14(19)18-10)7-1-3-8(16)4-2-7/h1-6,11H,(H,18,19). The van der Waals surface area contributed by atoms with Crippen molar-refractivity contribution in [3.8, 4) is 0 Å². The van der Waals surface area contributed by atoms with Crippen LogP contribution in [0, 0.1) is 11.6 Å². The number of halogens is 3. The number of hydrogen-bond donors (Lipinski definition) is 1. The molecule has 5 heteroatoms. The molecule has 3 rings (SSSR count). The third-order valence-electron chi connectivity index (χ3n) is 3.14. The van der Waals surface area contributed by atoms with Crippen molar-refractivity contribution in [2.45, 2.75) is 5.92 Å². The summed E-state index contributed by atoms with van der Waals surface area (Å²) in [6.45, 7) is 0. The maximum Gasteiger partial charge on any atom is 0.236 e. The molecule has 2 aromatic rings. The SMILES string of the molecule is O=C1Nc2ccc(Br)c(F)c2C1c1ccc(F)cc1. The number of nitrogens with one attached hydrogen (secondary N) is 1. The van der Waals surface area contributed by atoms with Gasteiger partial charge in [0.25, 0.3) is 0 Å². The Kier molecular flexibility index (Phi) is 2.86. The Bertz CT molecular complexity index is 670. The lowest BCUT2D eigenvalue weighted by Crippen LogP contribution is -2.13. The van der Waals surface area contributed by atoms with Gasteiger partial charge in [-0.15, -0.1) is 0 Å². The number of anilines is 1. The predicted octanol–water partition coefficient (Wildman–Crippen LogP) is 3.81. The molecule has 1 heterocycles. The molecule has 0 fully saturated rings. The summed E-state index contributed by atoms with van der Waals surface area (Å²) in [5.74, 6) is -1.91. The second kappa shape index (κ2) is 4.42. The average molecular weight is 324 g/mol. The fraction of sp³-hybridized carbons (Fsp3) is 0.0714. The zero-order chi connectivity index (χ0) is 13.6. The molecule has 2 nitrogen and oxygen atoms in total. The van der Waals surface area contributed by atoms with Crippen LogP contribution in [0.4, 0.5) is 14.5 Å². The Morgan fingerprint density at radius 3 is 2.42 bits per heavy atom. The first-order valence-corrected chi connectivity index (χ1v) is 6.41. The van der Waals surface area contributed by atoms with Gasteiger partial charge < -0.3 is 5.32 Å². The van der Waals surface area contributed by atoms with Crippen LogP contribution in [0.5, 0.6) is 0 Å². The summed E-state index contributed by atoms with van der Waals surface area (Å²) >= 11 is 3.11. The minimum absolute atomic E-state index is 0.297. The molecule has 0 aliphatic carbocycles. The largest absolute Gasteiger partial charge is 0.325 e. The molecule has 0 bridgehead atoms. The second-order valence-corrected chi connectivity index (χ2v) is 5.15. The van der Waals surface area contributed by atoms with Gasteiger partial charge in [-0.05, 0) is 45.8 Å². The summed E-state index contributed by atoms with van der Waals surface area (Å²) < 4.78 is 27.4. The highest BCUT2D eigenvalue weighted by Crippen LogP contribution is 2.40. The van der Waals surface area contributed by atoms with Gasteiger partial charge in [-0.2, -0.15) is 0 Å². The molecule has 0 aromatic heterocycles. The van der Waals surface area contributed by atoms with Crippen LogP contribution in [-0.4, -0.2) is 5.91 Å². The molecule has 19 heavy (non-hydrogen) atoms. The topological polar surface area (TPSA) is 29.1 Å². The van der Waals surface area contributed by atoms with Crippen molar-refractivity contribution in [3.63, 3.8) is 0 Å². The summed E-state index contributed by atoms with van der Waals surface area (Å²) in [6, 6.07) is 8.70. The molecule has 1 atom stereocenters. The van der Waals surface area contributed by atoms with Crippen molar-refractivity contribution in [3.05, 3.63) is 63.6 Å². The first-order chi connectivity index (χ1) is 9.08. The monoisotopic (exact) mass is 323 g/mol. The Balaban J connectivity index is 2.17. The van der Waals surface area contributed by atoms with Gasteiger partial charge in [-0.25, -0.2) is 8.78 Å². The van der Waals surface area contributed by atoms with E-state index >= 15 is 0 Å². The van der Waals surface area contributed by atoms with Gasteiger partial charge in [0.15, 0.2) is 0 Å². The van der Waals surface area contributed by atoms with Gasteiger partial charge in [0.1, 0.15) is 11.6 Å². The van der Waals surface area contributed by atoms with E-state index in [-0.39, 0.29) is 5.91 Å². The number of fused-ring (bicyclic) bond motifs is 1. The van der Waals surface area contributed by atoms with E-state index in [2.05, 4.69) is 21.2 Å². The first-order valence-electron chi connectivity index (χ1n) is 5.62.